The first kappa shape index (κ1) is 23.1. The van der Waals surface area contributed by atoms with Gasteiger partial charge in [0.05, 0.1) is 27.9 Å². The number of nitrogens with zero attached hydrogens (tertiary/aromatic N) is 1. The number of carbonyl (C=O) groups excluding carboxylic acids is 1. The van der Waals surface area contributed by atoms with Gasteiger partial charge >= 0.3 is 6.18 Å². The molecule has 32 heavy (non-hydrogen) atoms. The minimum atomic E-state index is -4.69. The van der Waals surface area contributed by atoms with Gasteiger partial charge in [-0.05, 0) is 36.5 Å². The van der Waals surface area contributed by atoms with Crippen molar-refractivity contribution in [2.75, 3.05) is 18.8 Å². The third kappa shape index (κ3) is 4.94. The van der Waals surface area contributed by atoms with Crippen LogP contribution in [0.3, 0.4) is 0 Å². The van der Waals surface area contributed by atoms with Gasteiger partial charge in [0.2, 0.25) is 10.0 Å². The molecular formula is C22H22ClF3N2O3S. The summed E-state index contributed by atoms with van der Waals surface area (Å²) in [6.45, 7) is 0.247. The number of rotatable bonds is 6. The van der Waals surface area contributed by atoms with Crippen LogP contribution < -0.4 is 5.32 Å². The van der Waals surface area contributed by atoms with Crippen LogP contribution in [0.4, 0.5) is 13.2 Å². The molecule has 2 unspecified atom stereocenters. The maximum absolute atomic E-state index is 13.2. The van der Waals surface area contributed by atoms with E-state index in [0.29, 0.717) is 0 Å². The molecular weight excluding hydrogens is 465 g/mol. The topological polar surface area (TPSA) is 66.5 Å². The van der Waals surface area contributed by atoms with Crippen LogP contribution in [0, 0.1) is 5.92 Å². The molecule has 1 heterocycles. The molecule has 0 bridgehead atoms. The summed E-state index contributed by atoms with van der Waals surface area (Å²) in [4.78, 5) is 12.9. The largest absolute Gasteiger partial charge is 0.417 e. The van der Waals surface area contributed by atoms with Gasteiger partial charge in [-0.2, -0.15) is 17.5 Å². The van der Waals surface area contributed by atoms with Crippen LogP contribution in [0.2, 0.25) is 5.02 Å². The third-order valence-corrected chi connectivity index (χ3v) is 8.30. The molecule has 2 aromatic carbocycles. The summed E-state index contributed by atoms with van der Waals surface area (Å²) < 4.78 is 66.6. The molecule has 0 aromatic heterocycles. The van der Waals surface area contributed by atoms with E-state index in [2.05, 4.69) is 5.32 Å². The van der Waals surface area contributed by atoms with Gasteiger partial charge in [0, 0.05) is 19.0 Å². The maximum atomic E-state index is 13.2. The Balaban J connectivity index is 1.59. The van der Waals surface area contributed by atoms with Crippen molar-refractivity contribution in [3.05, 3.63) is 70.2 Å². The Morgan fingerprint density at radius 3 is 2.38 bits per heavy atom. The van der Waals surface area contributed by atoms with E-state index in [1.54, 1.807) is 0 Å². The SMILES string of the molecule is O=C(NC1CN(S(=O)(=O)CC2CC2)CC1c1ccccc1)c1cccc(C(F)(F)F)c1Cl. The van der Waals surface area contributed by atoms with Crippen LogP contribution in [0.5, 0.6) is 0 Å². The third-order valence-electron chi connectivity index (χ3n) is 5.92. The van der Waals surface area contributed by atoms with E-state index in [4.69, 9.17) is 11.6 Å². The Morgan fingerprint density at radius 2 is 1.75 bits per heavy atom. The molecule has 2 atom stereocenters. The fraction of sp³-hybridized carbons (Fsp3) is 0.409. The lowest BCUT2D eigenvalue weighted by Crippen LogP contribution is -2.41. The van der Waals surface area contributed by atoms with Crippen LogP contribution in [0.15, 0.2) is 48.5 Å². The van der Waals surface area contributed by atoms with Crippen LogP contribution in [0.25, 0.3) is 0 Å². The van der Waals surface area contributed by atoms with Crippen molar-refractivity contribution >= 4 is 27.5 Å². The Labute approximate surface area is 189 Å². The van der Waals surface area contributed by atoms with E-state index >= 15 is 0 Å². The second kappa shape index (κ2) is 8.68. The smallest absolute Gasteiger partial charge is 0.347 e. The van der Waals surface area contributed by atoms with Gasteiger partial charge in [0.15, 0.2) is 0 Å². The first-order chi connectivity index (χ1) is 15.1. The van der Waals surface area contributed by atoms with Crippen LogP contribution in [-0.2, 0) is 16.2 Å². The van der Waals surface area contributed by atoms with Gasteiger partial charge in [0.25, 0.3) is 5.91 Å². The molecule has 1 aliphatic carbocycles. The summed E-state index contributed by atoms with van der Waals surface area (Å²) >= 11 is 5.91. The van der Waals surface area contributed by atoms with Crippen molar-refractivity contribution < 1.29 is 26.4 Å². The Morgan fingerprint density at radius 1 is 1.06 bits per heavy atom. The highest BCUT2D eigenvalue weighted by molar-refractivity contribution is 7.89. The summed E-state index contributed by atoms with van der Waals surface area (Å²) in [6.07, 6.45) is -2.91. The number of hydrogen-bond acceptors (Lipinski definition) is 3. The lowest BCUT2D eigenvalue weighted by Gasteiger charge is -2.21. The molecule has 4 rings (SSSR count). The lowest BCUT2D eigenvalue weighted by atomic mass is 9.94. The number of hydrogen-bond donors (Lipinski definition) is 1. The summed E-state index contributed by atoms with van der Waals surface area (Å²) in [5.41, 5.74) is -0.545. The molecule has 1 saturated carbocycles. The molecule has 1 amide bonds. The Hall–Kier alpha value is -2.10. The van der Waals surface area contributed by atoms with E-state index in [-0.39, 0.29) is 36.2 Å². The average molecular weight is 487 g/mol. The van der Waals surface area contributed by atoms with Crippen molar-refractivity contribution in [3.8, 4) is 0 Å². The fourth-order valence-electron chi connectivity index (χ4n) is 4.04. The zero-order chi connectivity index (χ0) is 23.1. The molecule has 2 aromatic rings. The molecule has 2 fully saturated rings. The van der Waals surface area contributed by atoms with E-state index in [0.717, 1.165) is 30.5 Å². The van der Waals surface area contributed by atoms with Crippen molar-refractivity contribution in [3.63, 3.8) is 0 Å². The van der Waals surface area contributed by atoms with Gasteiger partial charge in [-0.25, -0.2) is 8.42 Å². The molecule has 2 aliphatic rings. The molecule has 172 valence electrons. The lowest BCUT2D eigenvalue weighted by molar-refractivity contribution is -0.137. The summed E-state index contributed by atoms with van der Waals surface area (Å²) in [5, 5.41) is 2.06. The van der Waals surface area contributed by atoms with Crippen molar-refractivity contribution in [1.29, 1.82) is 0 Å². The summed E-state index contributed by atoms with van der Waals surface area (Å²) in [6, 6.07) is 11.7. The molecule has 0 spiro atoms. The minimum absolute atomic E-state index is 0.0525. The number of halogens is 4. The van der Waals surface area contributed by atoms with E-state index in [9.17, 15) is 26.4 Å². The summed E-state index contributed by atoms with van der Waals surface area (Å²) in [5.74, 6) is -0.853. The highest BCUT2D eigenvalue weighted by Crippen LogP contribution is 2.37. The van der Waals surface area contributed by atoms with Gasteiger partial charge in [-0.15, -0.1) is 0 Å². The van der Waals surface area contributed by atoms with Crippen molar-refractivity contribution in [1.82, 2.24) is 9.62 Å². The second-order valence-corrected chi connectivity index (χ2v) is 10.7. The quantitative estimate of drug-likeness (QED) is 0.662. The molecule has 1 N–H and O–H groups in total. The van der Waals surface area contributed by atoms with Gasteiger partial charge in [-0.3, -0.25) is 4.79 Å². The Bertz CT molecular complexity index is 1110. The molecule has 10 heteroatoms. The highest BCUT2D eigenvalue weighted by Gasteiger charge is 2.42. The Kier molecular flexibility index (Phi) is 6.26. The molecule has 0 radical (unpaired) electrons. The number of nitrogens with one attached hydrogen (secondary N) is 1. The predicted molar refractivity (Wildman–Crippen MR) is 115 cm³/mol. The van der Waals surface area contributed by atoms with Gasteiger partial charge in [0.1, 0.15) is 0 Å². The fourth-order valence-corrected chi connectivity index (χ4v) is 6.27. The number of benzene rings is 2. The number of amides is 1. The predicted octanol–water partition coefficient (Wildman–Crippen LogP) is 4.30. The maximum Gasteiger partial charge on any atom is 0.417 e. The average Bonchev–Trinajstić information content (AvgIpc) is 3.42. The number of sulfonamides is 1. The zero-order valence-electron chi connectivity index (χ0n) is 17.0. The van der Waals surface area contributed by atoms with E-state index in [1.807, 2.05) is 30.3 Å². The standard InChI is InChI=1S/C22H22ClF3N2O3S/c23-20-16(7-4-8-18(20)22(24,25)26)21(29)27-19-12-28(32(30,31)13-14-9-10-14)11-17(19)15-5-2-1-3-6-15/h1-8,14,17,19H,9-13H2,(H,27,29). The van der Waals surface area contributed by atoms with E-state index in [1.165, 1.54) is 10.4 Å². The van der Waals surface area contributed by atoms with Gasteiger partial charge in [-0.1, -0.05) is 48.0 Å². The first-order valence-corrected chi connectivity index (χ1v) is 12.2. The normalized spacial score (nSPS) is 22.1. The number of alkyl halides is 3. The molecule has 1 saturated heterocycles. The molecule has 5 nitrogen and oxygen atoms in total. The first-order valence-electron chi connectivity index (χ1n) is 10.3. The van der Waals surface area contributed by atoms with Crippen LogP contribution in [-0.4, -0.2) is 43.5 Å². The number of carbonyl (C=O) groups is 1. The van der Waals surface area contributed by atoms with Crippen LogP contribution >= 0.6 is 11.6 Å². The highest BCUT2D eigenvalue weighted by atomic mass is 35.5. The van der Waals surface area contributed by atoms with E-state index < -0.39 is 38.7 Å². The second-order valence-electron chi connectivity index (χ2n) is 8.30. The van der Waals surface area contributed by atoms with Crippen LogP contribution in [0.1, 0.15) is 40.2 Å². The summed E-state index contributed by atoms with van der Waals surface area (Å²) in [7, 11) is -3.50. The van der Waals surface area contributed by atoms with Crippen molar-refractivity contribution in [2.45, 2.75) is 31.0 Å². The minimum Gasteiger partial charge on any atom is -0.347 e. The monoisotopic (exact) mass is 486 g/mol. The zero-order valence-corrected chi connectivity index (χ0v) is 18.6. The molecule has 1 aliphatic heterocycles. The van der Waals surface area contributed by atoms with Gasteiger partial charge < -0.3 is 5.32 Å². The van der Waals surface area contributed by atoms with Crippen molar-refractivity contribution in [2.24, 2.45) is 5.92 Å².